The smallest absolute Gasteiger partial charge is 0.282 e. The molecule has 1 aliphatic rings. The Morgan fingerprint density at radius 1 is 1.14 bits per heavy atom. The summed E-state index contributed by atoms with van der Waals surface area (Å²) >= 11 is 0. The van der Waals surface area contributed by atoms with Gasteiger partial charge in [-0.3, -0.25) is 4.90 Å². The van der Waals surface area contributed by atoms with E-state index in [0.29, 0.717) is 26.2 Å². The molecule has 5 nitrogen and oxygen atoms in total. The summed E-state index contributed by atoms with van der Waals surface area (Å²) in [5.74, 6) is 0. The molecule has 0 bridgehead atoms. The molecule has 0 radical (unpaired) electrons. The lowest BCUT2D eigenvalue weighted by atomic mass is 10.0. The van der Waals surface area contributed by atoms with Gasteiger partial charge >= 0.3 is 0 Å². The maximum atomic E-state index is 12.7. The van der Waals surface area contributed by atoms with Gasteiger partial charge in [0, 0.05) is 38.8 Å². The standard InChI is InChI=1S/C15H25N3O2S/c1-4-17(5-2)21(19,20)18-12-11-16(3)15(13-18)14-9-7-6-8-10-14/h6-10,15H,4-5,11-13H2,1-3H3. The Morgan fingerprint density at radius 2 is 1.76 bits per heavy atom. The first-order valence-electron chi connectivity index (χ1n) is 7.51. The van der Waals surface area contributed by atoms with Crippen LogP contribution in [0.15, 0.2) is 30.3 Å². The Labute approximate surface area is 128 Å². The zero-order chi connectivity index (χ0) is 15.5. The van der Waals surface area contributed by atoms with Crippen LogP contribution in [0, 0.1) is 0 Å². The van der Waals surface area contributed by atoms with E-state index in [-0.39, 0.29) is 6.04 Å². The van der Waals surface area contributed by atoms with Gasteiger partial charge in [0.25, 0.3) is 10.2 Å². The molecule has 1 aliphatic heterocycles. The van der Waals surface area contributed by atoms with Crippen LogP contribution in [0.5, 0.6) is 0 Å². The zero-order valence-corrected chi connectivity index (χ0v) is 13.9. The molecular formula is C15H25N3O2S. The number of hydrogen-bond acceptors (Lipinski definition) is 3. The van der Waals surface area contributed by atoms with Crippen molar-refractivity contribution < 1.29 is 8.42 Å². The molecule has 0 amide bonds. The van der Waals surface area contributed by atoms with Crippen LogP contribution in [0.2, 0.25) is 0 Å². The third-order valence-electron chi connectivity index (χ3n) is 4.15. The van der Waals surface area contributed by atoms with E-state index in [1.807, 2.05) is 32.0 Å². The lowest BCUT2D eigenvalue weighted by molar-refractivity contribution is 0.143. The summed E-state index contributed by atoms with van der Waals surface area (Å²) in [6, 6.07) is 10.2. The van der Waals surface area contributed by atoms with E-state index in [0.717, 1.165) is 6.54 Å². The average Bonchev–Trinajstić information content (AvgIpc) is 2.49. The molecule has 1 saturated heterocycles. The molecule has 0 aliphatic carbocycles. The molecule has 0 N–H and O–H groups in total. The molecule has 1 atom stereocenters. The Kier molecular flexibility index (Phi) is 5.37. The van der Waals surface area contributed by atoms with Gasteiger partial charge in [0.05, 0.1) is 0 Å². The Morgan fingerprint density at radius 3 is 2.33 bits per heavy atom. The molecule has 0 saturated carbocycles. The summed E-state index contributed by atoms with van der Waals surface area (Å²) < 4.78 is 28.5. The summed E-state index contributed by atoms with van der Waals surface area (Å²) in [5, 5.41) is 0. The van der Waals surface area contributed by atoms with Crippen molar-refractivity contribution >= 4 is 10.2 Å². The topological polar surface area (TPSA) is 43.9 Å². The highest BCUT2D eigenvalue weighted by atomic mass is 32.2. The fraction of sp³-hybridized carbons (Fsp3) is 0.600. The molecule has 1 unspecified atom stereocenters. The molecule has 6 heteroatoms. The van der Waals surface area contributed by atoms with Crippen molar-refractivity contribution in [3.05, 3.63) is 35.9 Å². The van der Waals surface area contributed by atoms with Crippen LogP contribution in [-0.2, 0) is 10.2 Å². The van der Waals surface area contributed by atoms with Crippen molar-refractivity contribution in [2.24, 2.45) is 0 Å². The first-order chi connectivity index (χ1) is 10.0. The summed E-state index contributed by atoms with van der Waals surface area (Å²) in [7, 11) is -1.29. The molecule has 118 valence electrons. The van der Waals surface area contributed by atoms with Crippen molar-refractivity contribution in [3.8, 4) is 0 Å². The van der Waals surface area contributed by atoms with Gasteiger partial charge < -0.3 is 0 Å². The normalized spacial score (nSPS) is 21.8. The Bertz CT molecular complexity index is 543. The molecule has 0 aromatic heterocycles. The van der Waals surface area contributed by atoms with Crippen molar-refractivity contribution in [1.82, 2.24) is 13.5 Å². The predicted molar refractivity (Wildman–Crippen MR) is 85.2 cm³/mol. The van der Waals surface area contributed by atoms with Crippen LogP contribution in [0.25, 0.3) is 0 Å². The van der Waals surface area contributed by atoms with Crippen LogP contribution < -0.4 is 0 Å². The van der Waals surface area contributed by atoms with E-state index in [9.17, 15) is 8.42 Å². The number of benzene rings is 1. The Hall–Kier alpha value is -0.950. The van der Waals surface area contributed by atoms with Crippen LogP contribution in [0.3, 0.4) is 0 Å². The molecule has 2 rings (SSSR count). The quantitative estimate of drug-likeness (QED) is 0.829. The summed E-state index contributed by atoms with van der Waals surface area (Å²) in [6.45, 7) is 6.61. The highest BCUT2D eigenvalue weighted by molar-refractivity contribution is 7.86. The molecule has 1 fully saturated rings. The number of rotatable bonds is 5. The van der Waals surface area contributed by atoms with Crippen molar-refractivity contribution in [2.75, 3.05) is 39.8 Å². The molecular weight excluding hydrogens is 286 g/mol. The second-order valence-corrected chi connectivity index (χ2v) is 7.29. The van der Waals surface area contributed by atoms with Gasteiger partial charge in [-0.1, -0.05) is 44.2 Å². The van der Waals surface area contributed by atoms with E-state index in [4.69, 9.17) is 0 Å². The minimum Gasteiger partial charge on any atom is -0.297 e. The number of nitrogens with zero attached hydrogens (tertiary/aromatic N) is 3. The molecule has 0 spiro atoms. The average molecular weight is 311 g/mol. The van der Waals surface area contributed by atoms with E-state index in [1.165, 1.54) is 9.87 Å². The summed E-state index contributed by atoms with van der Waals surface area (Å²) in [4.78, 5) is 2.23. The van der Waals surface area contributed by atoms with Crippen LogP contribution in [-0.4, -0.2) is 61.7 Å². The van der Waals surface area contributed by atoms with E-state index in [1.54, 1.807) is 4.31 Å². The van der Waals surface area contributed by atoms with Gasteiger partial charge in [0.1, 0.15) is 0 Å². The van der Waals surface area contributed by atoms with Gasteiger partial charge in [-0.15, -0.1) is 0 Å². The van der Waals surface area contributed by atoms with Gasteiger partial charge in [0.2, 0.25) is 0 Å². The SMILES string of the molecule is CCN(CC)S(=O)(=O)N1CCN(C)C(c2ccccc2)C1. The monoisotopic (exact) mass is 311 g/mol. The number of piperazine rings is 1. The maximum absolute atomic E-state index is 12.7. The summed E-state index contributed by atoms with van der Waals surface area (Å²) in [6.07, 6.45) is 0. The molecule has 21 heavy (non-hydrogen) atoms. The zero-order valence-electron chi connectivity index (χ0n) is 13.1. The Balaban J connectivity index is 2.21. The minimum atomic E-state index is -3.35. The largest absolute Gasteiger partial charge is 0.297 e. The third kappa shape index (κ3) is 3.45. The van der Waals surface area contributed by atoms with Crippen molar-refractivity contribution in [3.63, 3.8) is 0 Å². The van der Waals surface area contributed by atoms with Crippen LogP contribution >= 0.6 is 0 Å². The number of hydrogen-bond donors (Lipinski definition) is 0. The minimum absolute atomic E-state index is 0.116. The van der Waals surface area contributed by atoms with Crippen molar-refractivity contribution in [1.29, 1.82) is 0 Å². The van der Waals surface area contributed by atoms with Crippen LogP contribution in [0.4, 0.5) is 0 Å². The van der Waals surface area contributed by atoms with Gasteiger partial charge in [0.15, 0.2) is 0 Å². The predicted octanol–water partition coefficient (Wildman–Crippen LogP) is 1.56. The molecule has 1 aromatic carbocycles. The lowest BCUT2D eigenvalue weighted by Crippen LogP contribution is -2.53. The summed E-state index contributed by atoms with van der Waals surface area (Å²) in [5.41, 5.74) is 1.17. The fourth-order valence-electron chi connectivity index (χ4n) is 2.81. The van der Waals surface area contributed by atoms with E-state index in [2.05, 4.69) is 24.1 Å². The molecule has 1 heterocycles. The first-order valence-corrected chi connectivity index (χ1v) is 8.90. The van der Waals surface area contributed by atoms with E-state index < -0.39 is 10.2 Å². The van der Waals surface area contributed by atoms with Gasteiger partial charge in [-0.2, -0.15) is 17.0 Å². The van der Waals surface area contributed by atoms with E-state index >= 15 is 0 Å². The van der Waals surface area contributed by atoms with Crippen molar-refractivity contribution in [2.45, 2.75) is 19.9 Å². The highest BCUT2D eigenvalue weighted by Gasteiger charge is 2.34. The third-order valence-corrected chi connectivity index (χ3v) is 6.31. The second kappa shape index (κ2) is 6.87. The number of likely N-dealkylation sites (N-methyl/N-ethyl adjacent to an activating group) is 1. The van der Waals surface area contributed by atoms with Crippen LogP contribution in [0.1, 0.15) is 25.5 Å². The van der Waals surface area contributed by atoms with Gasteiger partial charge in [-0.25, -0.2) is 0 Å². The highest BCUT2D eigenvalue weighted by Crippen LogP contribution is 2.26. The fourth-order valence-corrected chi connectivity index (χ4v) is 4.43. The molecule has 1 aromatic rings. The van der Waals surface area contributed by atoms with Gasteiger partial charge in [-0.05, 0) is 12.6 Å². The lowest BCUT2D eigenvalue weighted by Gasteiger charge is -2.40. The first kappa shape index (κ1) is 16.4. The second-order valence-electron chi connectivity index (χ2n) is 5.36. The maximum Gasteiger partial charge on any atom is 0.282 e.